The Bertz CT molecular complexity index is 991. The van der Waals surface area contributed by atoms with E-state index in [-0.39, 0.29) is 5.91 Å². The molecule has 2 aromatic carbocycles. The number of rotatable bonds is 6. The second kappa shape index (κ2) is 8.32. The maximum Gasteiger partial charge on any atom is 0.341 e. The molecule has 1 aliphatic rings. The first kappa shape index (κ1) is 18.9. The number of carbonyl (C=O) groups is 2. The van der Waals surface area contributed by atoms with Crippen LogP contribution in [0.3, 0.4) is 0 Å². The molecule has 4 rings (SSSR count). The summed E-state index contributed by atoms with van der Waals surface area (Å²) in [4.78, 5) is 35.5. The van der Waals surface area contributed by atoms with Crippen molar-refractivity contribution in [2.24, 2.45) is 0 Å². The number of nitrogens with zero attached hydrogens (tertiary/aromatic N) is 3. The predicted molar refractivity (Wildman–Crippen MR) is 107 cm³/mol. The fourth-order valence-corrected chi connectivity index (χ4v) is 3.45. The number of imidazole rings is 1. The van der Waals surface area contributed by atoms with Crippen molar-refractivity contribution in [1.82, 2.24) is 19.8 Å². The number of nitrogens with one attached hydrogen (secondary N) is 1. The monoisotopic (exact) mass is 394 g/mol. The maximum absolute atomic E-state index is 12.8. The van der Waals surface area contributed by atoms with Gasteiger partial charge in [-0.15, -0.1) is 0 Å². The van der Waals surface area contributed by atoms with Crippen LogP contribution in [-0.4, -0.2) is 69.5 Å². The number of benzene rings is 2. The molecule has 150 valence electrons. The number of carboxylic acids is 1. The summed E-state index contributed by atoms with van der Waals surface area (Å²) in [7, 11) is 0. The SMILES string of the molecule is O=C(O)COc1cccc(C(=O)N2CCN(Cc3nc4ccccc4[nH]3)CC2)c1. The van der Waals surface area contributed by atoms with Crippen molar-refractivity contribution in [3.05, 3.63) is 59.9 Å². The standard InChI is InChI=1S/C21H22N4O4/c26-20(27)14-29-16-5-3-4-15(12-16)21(28)25-10-8-24(9-11-25)13-19-22-17-6-1-2-7-18(17)23-19/h1-7,12H,8-11,13-14H2,(H,22,23)(H,26,27). The van der Waals surface area contributed by atoms with Crippen molar-refractivity contribution < 1.29 is 19.4 Å². The van der Waals surface area contributed by atoms with Gasteiger partial charge in [-0.05, 0) is 30.3 Å². The van der Waals surface area contributed by atoms with Gasteiger partial charge in [0.2, 0.25) is 0 Å². The summed E-state index contributed by atoms with van der Waals surface area (Å²) in [5, 5.41) is 8.72. The molecule has 0 radical (unpaired) electrons. The lowest BCUT2D eigenvalue weighted by molar-refractivity contribution is -0.139. The fraction of sp³-hybridized carbons (Fsp3) is 0.286. The van der Waals surface area contributed by atoms with E-state index in [2.05, 4.69) is 14.9 Å². The third-order valence-corrected chi connectivity index (χ3v) is 4.91. The topological polar surface area (TPSA) is 98.8 Å². The first-order valence-electron chi connectivity index (χ1n) is 9.48. The Morgan fingerprint density at radius 1 is 1.07 bits per heavy atom. The highest BCUT2D eigenvalue weighted by atomic mass is 16.5. The van der Waals surface area contributed by atoms with Crippen LogP contribution in [0.1, 0.15) is 16.2 Å². The lowest BCUT2D eigenvalue weighted by Crippen LogP contribution is -2.48. The van der Waals surface area contributed by atoms with E-state index >= 15 is 0 Å². The lowest BCUT2D eigenvalue weighted by atomic mass is 10.1. The van der Waals surface area contributed by atoms with Crippen LogP contribution in [0.5, 0.6) is 5.75 Å². The van der Waals surface area contributed by atoms with Crippen LogP contribution in [0.25, 0.3) is 11.0 Å². The summed E-state index contributed by atoms with van der Waals surface area (Å²) < 4.78 is 5.17. The quantitative estimate of drug-likeness (QED) is 0.663. The van der Waals surface area contributed by atoms with Gasteiger partial charge in [-0.2, -0.15) is 0 Å². The molecule has 0 atom stereocenters. The minimum absolute atomic E-state index is 0.0748. The minimum Gasteiger partial charge on any atom is -0.482 e. The van der Waals surface area contributed by atoms with Crippen molar-refractivity contribution >= 4 is 22.9 Å². The zero-order valence-electron chi connectivity index (χ0n) is 15.9. The molecule has 1 saturated heterocycles. The van der Waals surface area contributed by atoms with Crippen LogP contribution in [0, 0.1) is 0 Å². The van der Waals surface area contributed by atoms with Crippen LogP contribution in [0.2, 0.25) is 0 Å². The van der Waals surface area contributed by atoms with E-state index in [0.29, 0.717) is 24.4 Å². The molecule has 1 amide bonds. The van der Waals surface area contributed by atoms with Crippen LogP contribution >= 0.6 is 0 Å². The number of carbonyl (C=O) groups excluding carboxylic acids is 1. The van der Waals surface area contributed by atoms with Gasteiger partial charge in [0.25, 0.3) is 5.91 Å². The number of aliphatic carboxylic acids is 1. The Balaban J connectivity index is 1.33. The van der Waals surface area contributed by atoms with E-state index in [4.69, 9.17) is 9.84 Å². The van der Waals surface area contributed by atoms with Gasteiger partial charge < -0.3 is 19.7 Å². The Labute approximate surface area is 167 Å². The minimum atomic E-state index is -1.05. The molecule has 8 heteroatoms. The summed E-state index contributed by atoms with van der Waals surface area (Å²) >= 11 is 0. The molecule has 1 aliphatic heterocycles. The molecule has 29 heavy (non-hydrogen) atoms. The summed E-state index contributed by atoms with van der Waals surface area (Å²) in [6.07, 6.45) is 0. The molecule has 8 nitrogen and oxygen atoms in total. The molecule has 2 heterocycles. The average molecular weight is 394 g/mol. The maximum atomic E-state index is 12.8. The van der Waals surface area contributed by atoms with E-state index < -0.39 is 12.6 Å². The molecule has 0 aliphatic carbocycles. The normalized spacial score (nSPS) is 14.8. The van der Waals surface area contributed by atoms with Crippen LogP contribution in [0.4, 0.5) is 0 Å². The number of aromatic nitrogens is 2. The number of H-pyrrole nitrogens is 1. The fourth-order valence-electron chi connectivity index (χ4n) is 3.45. The lowest BCUT2D eigenvalue weighted by Gasteiger charge is -2.34. The van der Waals surface area contributed by atoms with E-state index in [1.165, 1.54) is 0 Å². The highest BCUT2D eigenvalue weighted by molar-refractivity contribution is 5.94. The first-order chi connectivity index (χ1) is 14.1. The van der Waals surface area contributed by atoms with Gasteiger partial charge in [-0.1, -0.05) is 18.2 Å². The summed E-state index contributed by atoms with van der Waals surface area (Å²) in [5.41, 5.74) is 2.49. The number of carboxylic acid groups (broad SMARTS) is 1. The van der Waals surface area contributed by atoms with Gasteiger partial charge in [0.1, 0.15) is 11.6 Å². The Hall–Kier alpha value is -3.39. The molecular formula is C21H22N4O4. The number of hydrogen-bond acceptors (Lipinski definition) is 5. The van der Waals surface area contributed by atoms with Crippen LogP contribution < -0.4 is 4.74 Å². The first-order valence-corrected chi connectivity index (χ1v) is 9.48. The van der Waals surface area contributed by atoms with E-state index in [9.17, 15) is 9.59 Å². The number of para-hydroxylation sites is 2. The van der Waals surface area contributed by atoms with Gasteiger partial charge in [0.15, 0.2) is 6.61 Å². The second-order valence-electron chi connectivity index (χ2n) is 6.98. The number of hydrogen-bond donors (Lipinski definition) is 2. The van der Waals surface area contributed by atoms with Crippen LogP contribution in [-0.2, 0) is 11.3 Å². The zero-order valence-corrected chi connectivity index (χ0v) is 15.9. The molecule has 1 aromatic heterocycles. The summed E-state index contributed by atoms with van der Waals surface area (Å²) in [6, 6.07) is 14.6. The molecule has 3 aromatic rings. The number of ether oxygens (including phenoxy) is 1. The van der Waals surface area contributed by atoms with Crippen molar-refractivity contribution in [2.45, 2.75) is 6.54 Å². The Morgan fingerprint density at radius 3 is 2.62 bits per heavy atom. The average Bonchev–Trinajstić information content (AvgIpc) is 3.15. The number of amides is 1. The van der Waals surface area contributed by atoms with Gasteiger partial charge in [0, 0.05) is 31.7 Å². The van der Waals surface area contributed by atoms with Crippen molar-refractivity contribution in [2.75, 3.05) is 32.8 Å². The van der Waals surface area contributed by atoms with Gasteiger partial charge >= 0.3 is 5.97 Å². The Morgan fingerprint density at radius 2 is 1.86 bits per heavy atom. The molecule has 0 spiro atoms. The molecule has 0 unspecified atom stereocenters. The molecule has 1 fully saturated rings. The molecular weight excluding hydrogens is 372 g/mol. The molecule has 0 bridgehead atoms. The second-order valence-corrected chi connectivity index (χ2v) is 6.98. The third-order valence-electron chi connectivity index (χ3n) is 4.91. The zero-order chi connectivity index (χ0) is 20.2. The summed E-state index contributed by atoms with van der Waals surface area (Å²) in [5.74, 6) is 0.174. The summed E-state index contributed by atoms with van der Waals surface area (Å²) in [6.45, 7) is 3.06. The van der Waals surface area contributed by atoms with Crippen molar-refractivity contribution in [3.8, 4) is 5.75 Å². The van der Waals surface area contributed by atoms with Crippen LogP contribution in [0.15, 0.2) is 48.5 Å². The van der Waals surface area contributed by atoms with Gasteiger partial charge in [-0.25, -0.2) is 9.78 Å². The largest absolute Gasteiger partial charge is 0.482 e. The van der Waals surface area contributed by atoms with Crippen molar-refractivity contribution in [1.29, 1.82) is 0 Å². The highest BCUT2D eigenvalue weighted by Gasteiger charge is 2.23. The van der Waals surface area contributed by atoms with Gasteiger partial charge in [-0.3, -0.25) is 9.69 Å². The number of aromatic amines is 1. The van der Waals surface area contributed by atoms with Crippen molar-refractivity contribution in [3.63, 3.8) is 0 Å². The number of fused-ring (bicyclic) bond motifs is 1. The predicted octanol–water partition coefficient (Wildman–Crippen LogP) is 1.98. The molecule has 2 N–H and O–H groups in total. The van der Waals surface area contributed by atoms with E-state index in [0.717, 1.165) is 36.5 Å². The molecule has 0 saturated carbocycles. The smallest absolute Gasteiger partial charge is 0.341 e. The number of piperazine rings is 1. The van der Waals surface area contributed by atoms with E-state index in [1.807, 2.05) is 29.2 Å². The Kier molecular flexibility index (Phi) is 5.44. The highest BCUT2D eigenvalue weighted by Crippen LogP contribution is 2.17. The van der Waals surface area contributed by atoms with E-state index in [1.54, 1.807) is 24.3 Å². The van der Waals surface area contributed by atoms with Gasteiger partial charge in [0.05, 0.1) is 17.6 Å². The third kappa shape index (κ3) is 4.55.